The number of benzene rings is 1. The van der Waals surface area contributed by atoms with Crippen LogP contribution in [0, 0.1) is 0 Å². The molecule has 0 aromatic heterocycles. The van der Waals surface area contributed by atoms with Crippen molar-refractivity contribution >= 4 is 17.6 Å². The van der Waals surface area contributed by atoms with Gasteiger partial charge in [0.2, 0.25) is 5.91 Å². The number of carbonyl (C=O) groups is 1. The number of nitrogens with one attached hydrogen (secondary N) is 2. The van der Waals surface area contributed by atoms with Gasteiger partial charge in [-0.2, -0.15) is 0 Å². The van der Waals surface area contributed by atoms with E-state index in [1.165, 1.54) is 0 Å². The first-order chi connectivity index (χ1) is 12.1. The summed E-state index contributed by atoms with van der Waals surface area (Å²) in [6.07, 6.45) is 2.70. The molecule has 6 nitrogen and oxygen atoms in total. The van der Waals surface area contributed by atoms with Crippen molar-refractivity contribution in [2.45, 2.75) is 32.7 Å². The lowest BCUT2D eigenvalue weighted by Gasteiger charge is -2.16. The number of anilines is 1. The number of nitrogens with zero attached hydrogens (tertiary/aromatic N) is 3. The van der Waals surface area contributed by atoms with Crippen LogP contribution in [0.3, 0.4) is 0 Å². The molecule has 1 fully saturated rings. The first-order valence-corrected chi connectivity index (χ1v) is 9.16. The van der Waals surface area contributed by atoms with E-state index in [1.807, 2.05) is 17.0 Å². The molecular weight excluding hydrogens is 314 g/mol. The first kappa shape index (κ1) is 19.2. The molecule has 1 amide bonds. The van der Waals surface area contributed by atoms with E-state index in [4.69, 9.17) is 0 Å². The summed E-state index contributed by atoms with van der Waals surface area (Å²) in [6.45, 7) is 6.33. The van der Waals surface area contributed by atoms with Gasteiger partial charge < -0.3 is 20.4 Å². The third kappa shape index (κ3) is 6.38. The Hall–Kier alpha value is -2.08. The third-order valence-electron chi connectivity index (χ3n) is 4.16. The summed E-state index contributed by atoms with van der Waals surface area (Å²) in [5.41, 5.74) is 2.13. The van der Waals surface area contributed by atoms with Crippen molar-refractivity contribution in [3.63, 3.8) is 0 Å². The van der Waals surface area contributed by atoms with Crippen LogP contribution in [0.2, 0.25) is 0 Å². The third-order valence-corrected chi connectivity index (χ3v) is 4.16. The van der Waals surface area contributed by atoms with Crippen molar-refractivity contribution in [3.8, 4) is 0 Å². The molecule has 0 spiro atoms. The van der Waals surface area contributed by atoms with Crippen molar-refractivity contribution in [1.29, 1.82) is 0 Å². The predicted octanol–water partition coefficient (Wildman–Crippen LogP) is 1.82. The number of amides is 1. The zero-order chi connectivity index (χ0) is 18.1. The maximum Gasteiger partial charge on any atom is 0.227 e. The maximum atomic E-state index is 11.8. The summed E-state index contributed by atoms with van der Waals surface area (Å²) in [5, 5.41) is 6.64. The fraction of sp³-hybridized carbons (Fsp3) is 0.579. The minimum atomic E-state index is 0.224. The van der Waals surface area contributed by atoms with Crippen LogP contribution in [0.4, 0.5) is 5.69 Å². The molecule has 0 bridgehead atoms. The molecule has 2 rings (SSSR count). The first-order valence-electron chi connectivity index (χ1n) is 9.16. The van der Waals surface area contributed by atoms with Gasteiger partial charge in [0.25, 0.3) is 0 Å². The van der Waals surface area contributed by atoms with E-state index >= 15 is 0 Å². The summed E-state index contributed by atoms with van der Waals surface area (Å²) < 4.78 is 0. The highest BCUT2D eigenvalue weighted by Crippen LogP contribution is 2.21. The van der Waals surface area contributed by atoms with Crippen molar-refractivity contribution in [2.24, 2.45) is 4.99 Å². The lowest BCUT2D eigenvalue weighted by atomic mass is 10.2. The molecule has 1 saturated heterocycles. The second-order valence-electron chi connectivity index (χ2n) is 6.59. The summed E-state index contributed by atoms with van der Waals surface area (Å²) in [4.78, 5) is 20.5. The zero-order valence-electron chi connectivity index (χ0n) is 15.7. The van der Waals surface area contributed by atoms with Gasteiger partial charge in [-0.15, -0.1) is 0 Å². The Morgan fingerprint density at radius 2 is 2.00 bits per heavy atom. The van der Waals surface area contributed by atoms with Gasteiger partial charge in [-0.3, -0.25) is 4.79 Å². The standard InChI is InChI=1S/C19H31N5O/c1-4-20-19(21-12-6-13-23(2)3)22-15-16-8-10-17(11-9-16)24-14-5-7-18(24)25/h8-11H,4-7,12-15H2,1-3H3,(H2,20,21,22). The Bertz CT molecular complexity index is 568. The average molecular weight is 345 g/mol. The van der Waals surface area contributed by atoms with E-state index in [1.54, 1.807) is 0 Å². The lowest BCUT2D eigenvalue weighted by molar-refractivity contribution is -0.117. The number of rotatable bonds is 8. The molecule has 0 atom stereocenters. The fourth-order valence-corrected chi connectivity index (χ4v) is 2.82. The van der Waals surface area contributed by atoms with Gasteiger partial charge >= 0.3 is 0 Å². The van der Waals surface area contributed by atoms with Crippen LogP contribution in [-0.2, 0) is 11.3 Å². The Morgan fingerprint density at radius 3 is 2.60 bits per heavy atom. The second-order valence-corrected chi connectivity index (χ2v) is 6.59. The van der Waals surface area contributed by atoms with Gasteiger partial charge in [0.1, 0.15) is 0 Å². The molecule has 0 aliphatic carbocycles. The predicted molar refractivity (Wildman–Crippen MR) is 104 cm³/mol. The van der Waals surface area contributed by atoms with Crippen molar-refractivity contribution in [3.05, 3.63) is 29.8 Å². The number of hydrogen-bond donors (Lipinski definition) is 2. The van der Waals surface area contributed by atoms with E-state index in [-0.39, 0.29) is 5.91 Å². The van der Waals surface area contributed by atoms with Gasteiger partial charge in [-0.05, 0) is 58.1 Å². The molecule has 0 saturated carbocycles. The van der Waals surface area contributed by atoms with E-state index in [0.717, 1.165) is 56.2 Å². The van der Waals surface area contributed by atoms with Gasteiger partial charge in [-0.1, -0.05) is 12.1 Å². The smallest absolute Gasteiger partial charge is 0.227 e. The van der Waals surface area contributed by atoms with Crippen LogP contribution in [0.15, 0.2) is 29.3 Å². The van der Waals surface area contributed by atoms with Crippen LogP contribution < -0.4 is 15.5 Å². The monoisotopic (exact) mass is 345 g/mol. The van der Waals surface area contributed by atoms with Crippen molar-refractivity contribution in [2.75, 3.05) is 45.2 Å². The van der Waals surface area contributed by atoms with Crippen molar-refractivity contribution in [1.82, 2.24) is 15.5 Å². The number of aliphatic imine (C=N–C) groups is 1. The summed E-state index contributed by atoms with van der Waals surface area (Å²) in [5.74, 6) is 1.07. The minimum absolute atomic E-state index is 0.224. The molecule has 6 heteroatoms. The number of guanidine groups is 1. The number of hydrogen-bond acceptors (Lipinski definition) is 3. The molecule has 1 aliphatic heterocycles. The minimum Gasteiger partial charge on any atom is -0.357 e. The van der Waals surface area contributed by atoms with Crippen LogP contribution in [0.5, 0.6) is 0 Å². The van der Waals surface area contributed by atoms with Gasteiger partial charge in [0.15, 0.2) is 5.96 Å². The van der Waals surface area contributed by atoms with Gasteiger partial charge in [0.05, 0.1) is 6.54 Å². The molecule has 1 aromatic carbocycles. The Labute approximate surface area is 151 Å². The fourth-order valence-electron chi connectivity index (χ4n) is 2.82. The highest BCUT2D eigenvalue weighted by molar-refractivity contribution is 5.95. The van der Waals surface area contributed by atoms with E-state index < -0.39 is 0 Å². The molecule has 1 aromatic rings. The van der Waals surface area contributed by atoms with E-state index in [2.05, 4.69) is 53.7 Å². The lowest BCUT2D eigenvalue weighted by Crippen LogP contribution is -2.38. The molecule has 2 N–H and O–H groups in total. The molecule has 0 unspecified atom stereocenters. The zero-order valence-corrected chi connectivity index (χ0v) is 15.7. The Morgan fingerprint density at radius 1 is 1.24 bits per heavy atom. The Balaban J connectivity index is 1.87. The normalized spacial score (nSPS) is 15.1. The maximum absolute atomic E-state index is 11.8. The average Bonchev–Trinajstić information content (AvgIpc) is 3.02. The second kappa shape index (κ2) is 10.0. The topological polar surface area (TPSA) is 60.0 Å². The number of carbonyl (C=O) groups excluding carboxylic acids is 1. The Kier molecular flexibility index (Phi) is 7.73. The molecule has 1 heterocycles. The van der Waals surface area contributed by atoms with Gasteiger partial charge in [-0.25, -0.2) is 4.99 Å². The molecule has 25 heavy (non-hydrogen) atoms. The van der Waals surface area contributed by atoms with Crippen LogP contribution in [0.25, 0.3) is 0 Å². The molecule has 138 valence electrons. The van der Waals surface area contributed by atoms with E-state index in [9.17, 15) is 4.79 Å². The largest absolute Gasteiger partial charge is 0.357 e. The van der Waals surface area contributed by atoms with Gasteiger partial charge in [0, 0.05) is 31.7 Å². The van der Waals surface area contributed by atoms with Crippen LogP contribution >= 0.6 is 0 Å². The van der Waals surface area contributed by atoms with Crippen LogP contribution in [0.1, 0.15) is 31.7 Å². The SMILES string of the molecule is CCNC(=NCc1ccc(N2CCCC2=O)cc1)NCCCN(C)C. The highest BCUT2D eigenvalue weighted by atomic mass is 16.2. The summed E-state index contributed by atoms with van der Waals surface area (Å²) >= 11 is 0. The van der Waals surface area contributed by atoms with E-state index in [0.29, 0.717) is 13.0 Å². The summed E-state index contributed by atoms with van der Waals surface area (Å²) in [6, 6.07) is 8.15. The van der Waals surface area contributed by atoms with Crippen LogP contribution in [-0.4, -0.2) is 57.0 Å². The van der Waals surface area contributed by atoms with Crippen molar-refractivity contribution < 1.29 is 4.79 Å². The molecule has 0 radical (unpaired) electrons. The summed E-state index contributed by atoms with van der Waals surface area (Å²) in [7, 11) is 4.16. The molecule has 1 aliphatic rings. The highest BCUT2D eigenvalue weighted by Gasteiger charge is 2.21. The molecular formula is C19H31N5O. The quantitative estimate of drug-likeness (QED) is 0.429.